The number of benzene rings is 1. The maximum absolute atomic E-state index is 12.5. The van der Waals surface area contributed by atoms with Crippen LogP contribution in [0, 0.1) is 15.5 Å². The number of amides is 1. The molecule has 4 heterocycles. The molecular formula is C21H23IN6O2. The van der Waals surface area contributed by atoms with E-state index in [9.17, 15) is 4.79 Å². The number of ether oxygens (including phenoxy) is 1. The Labute approximate surface area is 188 Å². The first-order valence-electron chi connectivity index (χ1n) is 10.2. The molecule has 0 spiro atoms. The second kappa shape index (κ2) is 8.37. The molecule has 2 saturated heterocycles. The first-order chi connectivity index (χ1) is 14.7. The van der Waals surface area contributed by atoms with Gasteiger partial charge in [-0.1, -0.05) is 30.3 Å². The minimum absolute atomic E-state index is 0.204. The highest BCUT2D eigenvalue weighted by Crippen LogP contribution is 2.33. The van der Waals surface area contributed by atoms with Crippen LogP contribution in [0.3, 0.4) is 0 Å². The van der Waals surface area contributed by atoms with E-state index in [4.69, 9.17) is 4.74 Å². The summed E-state index contributed by atoms with van der Waals surface area (Å²) in [4.78, 5) is 25.8. The first kappa shape index (κ1) is 19.5. The molecule has 1 amide bonds. The van der Waals surface area contributed by atoms with E-state index in [1.807, 2.05) is 41.4 Å². The predicted molar refractivity (Wildman–Crippen MR) is 121 cm³/mol. The van der Waals surface area contributed by atoms with Crippen LogP contribution in [0.1, 0.15) is 18.4 Å². The standard InChI is InChI=1S/C21H23IN6O2/c22-19-18-20(26-25-19)24-17(9-23-18)28-11-16(12-28)15-7-4-8-27(10-15)21(29)30-13-14-5-2-1-3-6-14/h1-3,5-6,9,15-16H,4,7-8,10-13H2,(H,24,25,26). The third-order valence-corrected chi connectivity index (χ3v) is 6.79. The second-order valence-electron chi connectivity index (χ2n) is 7.99. The number of nitrogens with zero attached hydrogens (tertiary/aromatic N) is 5. The number of likely N-dealkylation sites (tertiary alicyclic amines) is 1. The van der Waals surface area contributed by atoms with Crippen LogP contribution >= 0.6 is 22.6 Å². The normalized spacial score (nSPS) is 19.7. The van der Waals surface area contributed by atoms with Gasteiger partial charge in [-0.15, -0.1) is 0 Å². The molecule has 5 rings (SSSR count). The van der Waals surface area contributed by atoms with Crippen molar-refractivity contribution in [3.8, 4) is 0 Å². The Morgan fingerprint density at radius 3 is 2.87 bits per heavy atom. The molecule has 1 atom stereocenters. The zero-order valence-corrected chi connectivity index (χ0v) is 18.7. The van der Waals surface area contributed by atoms with Gasteiger partial charge in [0.2, 0.25) is 0 Å². The lowest BCUT2D eigenvalue weighted by Crippen LogP contribution is -2.54. The molecule has 0 aliphatic carbocycles. The van der Waals surface area contributed by atoms with E-state index >= 15 is 0 Å². The highest BCUT2D eigenvalue weighted by molar-refractivity contribution is 14.1. The number of anilines is 1. The maximum atomic E-state index is 12.5. The van der Waals surface area contributed by atoms with Gasteiger partial charge in [-0.2, -0.15) is 5.10 Å². The molecule has 2 aliphatic rings. The largest absolute Gasteiger partial charge is 0.445 e. The van der Waals surface area contributed by atoms with Crippen molar-refractivity contribution in [1.82, 2.24) is 25.1 Å². The molecule has 0 saturated carbocycles. The van der Waals surface area contributed by atoms with Gasteiger partial charge >= 0.3 is 6.09 Å². The average molecular weight is 518 g/mol. The number of piperidine rings is 1. The number of aromatic amines is 1. The van der Waals surface area contributed by atoms with Crippen molar-refractivity contribution < 1.29 is 9.53 Å². The Hall–Kier alpha value is -2.43. The van der Waals surface area contributed by atoms with Gasteiger partial charge in [0.25, 0.3) is 0 Å². The topological polar surface area (TPSA) is 87.2 Å². The Morgan fingerprint density at radius 1 is 1.20 bits per heavy atom. The number of carbonyl (C=O) groups is 1. The molecule has 1 unspecified atom stereocenters. The molecule has 0 radical (unpaired) electrons. The fourth-order valence-corrected chi connectivity index (χ4v) is 4.80. The van der Waals surface area contributed by atoms with Gasteiger partial charge < -0.3 is 14.5 Å². The molecule has 9 heteroatoms. The van der Waals surface area contributed by atoms with Crippen LogP contribution in [-0.2, 0) is 11.3 Å². The lowest BCUT2D eigenvalue weighted by molar-refractivity contribution is 0.0664. The number of H-pyrrole nitrogens is 1. The number of nitrogens with one attached hydrogen (secondary N) is 1. The Balaban J connectivity index is 1.14. The van der Waals surface area contributed by atoms with Gasteiger partial charge in [-0.25, -0.2) is 14.8 Å². The molecule has 2 aliphatic heterocycles. The smallest absolute Gasteiger partial charge is 0.410 e. The van der Waals surface area contributed by atoms with E-state index in [1.165, 1.54) is 0 Å². The Morgan fingerprint density at radius 2 is 2.03 bits per heavy atom. The first-order valence-corrected chi connectivity index (χ1v) is 11.3. The number of carbonyl (C=O) groups excluding carboxylic acids is 1. The van der Waals surface area contributed by atoms with Gasteiger partial charge in [-0.3, -0.25) is 5.10 Å². The molecule has 30 heavy (non-hydrogen) atoms. The second-order valence-corrected chi connectivity index (χ2v) is 9.02. The number of rotatable bonds is 4. The molecule has 2 aromatic heterocycles. The Kier molecular flexibility index (Phi) is 5.45. The summed E-state index contributed by atoms with van der Waals surface area (Å²) >= 11 is 2.15. The van der Waals surface area contributed by atoms with Gasteiger partial charge in [0, 0.05) is 26.2 Å². The summed E-state index contributed by atoms with van der Waals surface area (Å²) in [6.07, 6.45) is 3.80. The van der Waals surface area contributed by atoms with E-state index in [0.29, 0.717) is 18.4 Å². The van der Waals surface area contributed by atoms with Crippen molar-refractivity contribution in [3.05, 3.63) is 45.8 Å². The van der Waals surface area contributed by atoms with Crippen LogP contribution in [0.2, 0.25) is 0 Å². The minimum atomic E-state index is -0.204. The molecule has 1 N–H and O–H groups in total. The fraction of sp³-hybridized carbons (Fsp3) is 0.429. The van der Waals surface area contributed by atoms with Gasteiger partial charge in [0.15, 0.2) is 9.35 Å². The number of fused-ring (bicyclic) bond motifs is 1. The zero-order chi connectivity index (χ0) is 20.5. The molecule has 8 nitrogen and oxygen atoms in total. The summed E-state index contributed by atoms with van der Waals surface area (Å²) in [7, 11) is 0. The zero-order valence-electron chi connectivity index (χ0n) is 16.5. The summed E-state index contributed by atoms with van der Waals surface area (Å²) in [5.74, 6) is 1.95. The van der Waals surface area contributed by atoms with E-state index in [-0.39, 0.29) is 6.09 Å². The Bertz CT molecular complexity index is 1040. The van der Waals surface area contributed by atoms with Gasteiger partial charge in [-0.05, 0) is 52.8 Å². The SMILES string of the molecule is O=C(OCc1ccccc1)N1CCCC(C2CN(c3cnc4c(I)n[nH]c4n3)C2)C1. The third kappa shape index (κ3) is 3.94. The molecule has 3 aromatic rings. The summed E-state index contributed by atoms with van der Waals surface area (Å²) in [6, 6.07) is 9.82. The molecule has 1 aromatic carbocycles. The van der Waals surface area contributed by atoms with E-state index in [1.54, 1.807) is 0 Å². The van der Waals surface area contributed by atoms with Gasteiger partial charge in [0.05, 0.1) is 6.20 Å². The van der Waals surface area contributed by atoms with Crippen LogP contribution in [0.4, 0.5) is 10.6 Å². The lowest BCUT2D eigenvalue weighted by atomic mass is 9.80. The average Bonchev–Trinajstić information content (AvgIpc) is 3.12. The quantitative estimate of drug-likeness (QED) is 0.533. The van der Waals surface area contributed by atoms with E-state index in [2.05, 4.69) is 47.7 Å². The minimum Gasteiger partial charge on any atom is -0.445 e. The monoisotopic (exact) mass is 518 g/mol. The molecule has 156 valence electrons. The molecule has 2 fully saturated rings. The summed E-state index contributed by atoms with van der Waals surface area (Å²) in [5.41, 5.74) is 2.55. The van der Waals surface area contributed by atoms with Crippen LogP contribution in [-0.4, -0.2) is 57.3 Å². The third-order valence-electron chi connectivity index (χ3n) is 6.04. The summed E-state index contributed by atoms with van der Waals surface area (Å²) < 4.78 is 6.37. The number of halogens is 1. The van der Waals surface area contributed by atoms with Crippen molar-refractivity contribution in [2.24, 2.45) is 11.8 Å². The highest BCUT2D eigenvalue weighted by atomic mass is 127. The fourth-order valence-electron chi connectivity index (χ4n) is 4.29. The van der Waals surface area contributed by atoms with E-state index in [0.717, 1.165) is 65.3 Å². The summed E-state index contributed by atoms with van der Waals surface area (Å²) in [6.45, 7) is 3.77. The lowest BCUT2D eigenvalue weighted by Gasteiger charge is -2.46. The van der Waals surface area contributed by atoms with E-state index < -0.39 is 0 Å². The van der Waals surface area contributed by atoms with Crippen LogP contribution in [0.15, 0.2) is 36.5 Å². The predicted octanol–water partition coefficient (Wildman–Crippen LogP) is 3.44. The van der Waals surface area contributed by atoms with Crippen LogP contribution in [0.25, 0.3) is 11.2 Å². The van der Waals surface area contributed by atoms with Crippen molar-refractivity contribution >= 4 is 45.7 Å². The van der Waals surface area contributed by atoms with Crippen molar-refractivity contribution in [2.75, 3.05) is 31.1 Å². The highest BCUT2D eigenvalue weighted by Gasteiger charge is 2.37. The van der Waals surface area contributed by atoms with Crippen LogP contribution < -0.4 is 4.90 Å². The van der Waals surface area contributed by atoms with Crippen molar-refractivity contribution in [1.29, 1.82) is 0 Å². The van der Waals surface area contributed by atoms with Crippen LogP contribution in [0.5, 0.6) is 0 Å². The molecular weight excluding hydrogens is 495 g/mol. The van der Waals surface area contributed by atoms with Crippen molar-refractivity contribution in [2.45, 2.75) is 19.4 Å². The number of hydrogen-bond acceptors (Lipinski definition) is 6. The maximum Gasteiger partial charge on any atom is 0.410 e. The van der Waals surface area contributed by atoms with Gasteiger partial charge in [0.1, 0.15) is 17.9 Å². The molecule has 0 bridgehead atoms. The summed E-state index contributed by atoms with van der Waals surface area (Å²) in [5, 5.41) is 7.09. The number of hydrogen-bond donors (Lipinski definition) is 1. The number of aromatic nitrogens is 4. The van der Waals surface area contributed by atoms with Crippen molar-refractivity contribution in [3.63, 3.8) is 0 Å².